The number of piperidine rings is 1. The highest BCUT2D eigenvalue weighted by Gasteiger charge is 2.31. The van der Waals surface area contributed by atoms with Crippen LogP contribution in [0.5, 0.6) is 0 Å². The number of halogens is 2. The minimum absolute atomic E-state index is 0.0868. The summed E-state index contributed by atoms with van der Waals surface area (Å²) in [5, 5.41) is 4.13. The summed E-state index contributed by atoms with van der Waals surface area (Å²) < 4.78 is 30.0. The van der Waals surface area contributed by atoms with Crippen molar-refractivity contribution in [3.63, 3.8) is 0 Å². The maximum absolute atomic E-state index is 15.1. The third kappa shape index (κ3) is 5.20. The fourth-order valence-electron chi connectivity index (χ4n) is 5.56. The summed E-state index contributed by atoms with van der Waals surface area (Å²) in [6.07, 6.45) is 6.60. The maximum atomic E-state index is 15.1. The average molecular weight is 533 g/mol. The van der Waals surface area contributed by atoms with Crippen molar-refractivity contribution in [3.05, 3.63) is 48.3 Å². The second-order valence-electron chi connectivity index (χ2n) is 10.5. The molecule has 3 aromatic rings. The van der Waals surface area contributed by atoms with Crippen LogP contribution in [0.15, 0.2) is 46.8 Å². The molecule has 1 aliphatic carbocycles. The molecule has 8 nitrogen and oxygen atoms in total. The lowest BCUT2D eigenvalue weighted by molar-refractivity contribution is -0.117. The fraction of sp³-hybridized carbons (Fsp3) is 0.414. The third-order valence-corrected chi connectivity index (χ3v) is 7.81. The molecule has 0 spiro atoms. The largest absolute Gasteiger partial charge is 0.356 e. The Bertz CT molecular complexity index is 1450. The van der Waals surface area contributed by atoms with Crippen LogP contribution in [-0.2, 0) is 9.63 Å². The van der Waals surface area contributed by atoms with Crippen molar-refractivity contribution in [1.82, 2.24) is 9.97 Å². The number of carbonyl (C=O) groups is 1. The molecular weight excluding hydrogens is 502 g/mol. The fourth-order valence-corrected chi connectivity index (χ4v) is 5.56. The van der Waals surface area contributed by atoms with Gasteiger partial charge in [-0.2, -0.15) is 0 Å². The summed E-state index contributed by atoms with van der Waals surface area (Å²) in [4.78, 5) is 34.6. The number of oxime groups is 1. The van der Waals surface area contributed by atoms with Gasteiger partial charge in [-0.15, -0.1) is 0 Å². The van der Waals surface area contributed by atoms with E-state index in [2.05, 4.69) is 31.7 Å². The van der Waals surface area contributed by atoms with Crippen LogP contribution in [0.2, 0.25) is 0 Å². The van der Waals surface area contributed by atoms with E-state index in [0.717, 1.165) is 38.8 Å². The quantitative estimate of drug-likeness (QED) is 0.232. The number of hydrogen-bond donors (Lipinski definition) is 0. The van der Waals surface area contributed by atoms with E-state index < -0.39 is 11.6 Å². The first-order valence-corrected chi connectivity index (χ1v) is 13.5. The van der Waals surface area contributed by atoms with Crippen LogP contribution < -0.4 is 9.80 Å². The van der Waals surface area contributed by atoms with Gasteiger partial charge in [0.15, 0.2) is 0 Å². The molecule has 2 aliphatic heterocycles. The normalized spacial score (nSPS) is 18.7. The molecule has 2 aromatic carbocycles. The highest BCUT2D eigenvalue weighted by Crippen LogP contribution is 2.36. The zero-order valence-electron chi connectivity index (χ0n) is 21.7. The predicted octanol–water partition coefficient (Wildman–Crippen LogP) is 5.36. The Kier molecular flexibility index (Phi) is 6.93. The van der Waals surface area contributed by atoms with E-state index in [-0.39, 0.29) is 11.6 Å². The van der Waals surface area contributed by atoms with Gasteiger partial charge in [0.25, 0.3) is 0 Å². The summed E-state index contributed by atoms with van der Waals surface area (Å²) in [5.41, 5.74) is 1.79. The molecule has 202 valence electrons. The highest BCUT2D eigenvalue weighted by atomic mass is 19.1. The Balaban J connectivity index is 1.24. The molecule has 0 radical (unpaired) electrons. The Labute approximate surface area is 225 Å². The van der Waals surface area contributed by atoms with E-state index >= 15 is 4.39 Å². The van der Waals surface area contributed by atoms with Gasteiger partial charge < -0.3 is 14.6 Å². The van der Waals surface area contributed by atoms with Gasteiger partial charge in [-0.3, -0.25) is 9.79 Å². The summed E-state index contributed by atoms with van der Waals surface area (Å²) in [7, 11) is 0. The number of aliphatic imine (C=N–C) groups is 1. The maximum Gasteiger partial charge on any atom is 0.227 e. The number of benzene rings is 2. The second-order valence-corrected chi connectivity index (χ2v) is 10.5. The van der Waals surface area contributed by atoms with Crippen molar-refractivity contribution in [2.75, 3.05) is 36.0 Å². The lowest BCUT2D eigenvalue weighted by atomic mass is 9.96. The van der Waals surface area contributed by atoms with E-state index in [1.165, 1.54) is 29.4 Å². The number of nitrogens with zero attached hydrogens (tertiary/aromatic N) is 6. The van der Waals surface area contributed by atoms with Gasteiger partial charge in [0.1, 0.15) is 23.8 Å². The minimum Gasteiger partial charge on any atom is -0.356 e. The van der Waals surface area contributed by atoms with Crippen LogP contribution in [0.25, 0.3) is 22.0 Å². The molecule has 0 unspecified atom stereocenters. The van der Waals surface area contributed by atoms with E-state index in [4.69, 9.17) is 4.84 Å². The molecule has 1 amide bonds. The first-order chi connectivity index (χ1) is 19.0. The molecule has 3 heterocycles. The second kappa shape index (κ2) is 10.7. The number of fused-ring (bicyclic) bond motifs is 1. The summed E-state index contributed by atoms with van der Waals surface area (Å²) >= 11 is 0. The van der Waals surface area contributed by atoms with Crippen LogP contribution in [0.4, 0.5) is 20.3 Å². The van der Waals surface area contributed by atoms with Gasteiger partial charge in [-0.1, -0.05) is 11.2 Å². The van der Waals surface area contributed by atoms with Crippen LogP contribution in [0, 0.1) is 23.5 Å². The molecule has 2 saturated heterocycles. The van der Waals surface area contributed by atoms with Gasteiger partial charge >= 0.3 is 0 Å². The topological polar surface area (TPSA) is 83.3 Å². The average Bonchev–Trinajstić information content (AvgIpc) is 3.71. The molecule has 3 aliphatic rings. The first kappa shape index (κ1) is 25.3. The predicted molar refractivity (Wildman–Crippen MR) is 147 cm³/mol. The summed E-state index contributed by atoms with van der Waals surface area (Å²) in [6, 6.07) is 7.47. The molecule has 1 aromatic heterocycles. The van der Waals surface area contributed by atoms with Gasteiger partial charge in [0.2, 0.25) is 11.8 Å². The smallest absolute Gasteiger partial charge is 0.227 e. The first-order valence-electron chi connectivity index (χ1n) is 13.5. The lowest BCUT2D eigenvalue weighted by Gasteiger charge is -2.32. The van der Waals surface area contributed by atoms with Gasteiger partial charge in [-0.05, 0) is 67.9 Å². The highest BCUT2D eigenvalue weighted by molar-refractivity contribution is 6.00. The lowest BCUT2D eigenvalue weighted by Crippen LogP contribution is -2.35. The molecule has 1 saturated carbocycles. The van der Waals surface area contributed by atoms with Crippen molar-refractivity contribution in [2.24, 2.45) is 22.0 Å². The van der Waals surface area contributed by atoms with Crippen molar-refractivity contribution in [1.29, 1.82) is 0 Å². The van der Waals surface area contributed by atoms with Crippen molar-refractivity contribution >= 4 is 40.9 Å². The van der Waals surface area contributed by atoms with Crippen molar-refractivity contribution in [2.45, 2.75) is 38.5 Å². The van der Waals surface area contributed by atoms with E-state index in [1.54, 1.807) is 12.1 Å². The molecule has 0 N–H and O–H groups in total. The number of hydrogen-bond acceptors (Lipinski definition) is 7. The Morgan fingerprint density at radius 3 is 2.59 bits per heavy atom. The molecule has 3 fully saturated rings. The Morgan fingerprint density at radius 1 is 1.08 bits per heavy atom. The number of amides is 1. The van der Waals surface area contributed by atoms with Crippen molar-refractivity contribution < 1.29 is 18.4 Å². The van der Waals surface area contributed by atoms with E-state index in [0.29, 0.717) is 71.5 Å². The Hall–Kier alpha value is -3.95. The standard InChI is InChI=1S/C29H30F2N6O2/c1-32-39-29(19-4-5-19)33-16-18-8-11-36(12-9-18)28-23-15-21(30)14-22(27(23)34-17-35-28)20-6-7-25(24(31)13-20)37-10-2-3-26(37)38/h6-7,13-15,17-19H,1-5,8-12,16H2. The van der Waals surface area contributed by atoms with E-state index in [9.17, 15) is 9.18 Å². The zero-order valence-corrected chi connectivity index (χ0v) is 21.7. The molecule has 0 bridgehead atoms. The van der Waals surface area contributed by atoms with Crippen LogP contribution in [0.3, 0.4) is 0 Å². The van der Waals surface area contributed by atoms with Crippen LogP contribution in [0.1, 0.15) is 38.5 Å². The molecule has 39 heavy (non-hydrogen) atoms. The SMILES string of the molecule is C=NOC(=NCC1CCN(c2ncnc3c(-c4ccc(N5CCCC5=O)c(F)c4)cc(F)cc23)CC1)C1CC1. The number of carbonyl (C=O) groups excluding carboxylic acids is 1. The molecular formula is C29H30F2N6O2. The van der Waals surface area contributed by atoms with Gasteiger partial charge in [-0.25, -0.2) is 18.7 Å². The van der Waals surface area contributed by atoms with E-state index in [1.807, 2.05) is 0 Å². The number of rotatable bonds is 7. The molecule has 0 atom stereocenters. The summed E-state index contributed by atoms with van der Waals surface area (Å²) in [5.74, 6) is 1.09. The monoisotopic (exact) mass is 532 g/mol. The molecule has 6 rings (SSSR count). The van der Waals surface area contributed by atoms with Crippen molar-refractivity contribution in [3.8, 4) is 11.1 Å². The molecule has 10 heteroatoms. The van der Waals surface area contributed by atoms with Gasteiger partial charge in [0, 0.05) is 56.2 Å². The van der Waals surface area contributed by atoms with Gasteiger partial charge in [0.05, 0.1) is 11.2 Å². The Morgan fingerprint density at radius 2 is 1.90 bits per heavy atom. The summed E-state index contributed by atoms with van der Waals surface area (Å²) in [6.45, 7) is 6.09. The number of aromatic nitrogens is 2. The minimum atomic E-state index is -0.515. The zero-order chi connectivity index (χ0) is 26.9. The number of anilines is 2. The van der Waals surface area contributed by atoms with Crippen LogP contribution >= 0.6 is 0 Å². The third-order valence-electron chi connectivity index (χ3n) is 7.81. The van der Waals surface area contributed by atoms with Crippen LogP contribution in [-0.4, -0.2) is 54.7 Å².